The van der Waals surface area contributed by atoms with Gasteiger partial charge in [-0.1, -0.05) is 17.7 Å². The lowest BCUT2D eigenvalue weighted by Crippen LogP contribution is -2.05. The molecule has 0 atom stereocenters. The molecule has 0 saturated heterocycles. The first-order chi connectivity index (χ1) is 15.4. The summed E-state index contributed by atoms with van der Waals surface area (Å²) >= 11 is 9.58. The van der Waals surface area contributed by atoms with Gasteiger partial charge in [-0.25, -0.2) is 9.18 Å². The largest absolute Gasteiger partial charge is 0.493 e. The molecule has 0 saturated carbocycles. The molecule has 8 heteroatoms. The minimum Gasteiger partial charge on any atom is -0.493 e. The molecular formula is C24H22BrClFNO4. The van der Waals surface area contributed by atoms with Crippen molar-refractivity contribution in [3.05, 3.63) is 86.6 Å². The second-order valence-electron chi connectivity index (χ2n) is 6.75. The van der Waals surface area contributed by atoms with Gasteiger partial charge in [0, 0.05) is 17.8 Å². The molecule has 1 N–H and O–H groups in total. The summed E-state index contributed by atoms with van der Waals surface area (Å²) in [5.41, 5.74) is 2.56. The number of nitrogens with one attached hydrogen (secondary N) is 1. The third-order valence-corrected chi connectivity index (χ3v) is 5.55. The summed E-state index contributed by atoms with van der Waals surface area (Å²) in [5.74, 6) is 0.179. The Balaban J connectivity index is 1.69. The molecule has 3 aromatic rings. The molecule has 0 fully saturated rings. The summed E-state index contributed by atoms with van der Waals surface area (Å²) in [6.07, 6.45) is 0. The van der Waals surface area contributed by atoms with E-state index in [4.69, 9.17) is 25.8 Å². The van der Waals surface area contributed by atoms with Crippen LogP contribution in [0.15, 0.2) is 59.1 Å². The number of rotatable bonds is 9. The van der Waals surface area contributed by atoms with Crippen molar-refractivity contribution in [3.8, 4) is 11.5 Å². The summed E-state index contributed by atoms with van der Waals surface area (Å²) in [7, 11) is 1.54. The van der Waals surface area contributed by atoms with E-state index in [9.17, 15) is 9.18 Å². The van der Waals surface area contributed by atoms with Gasteiger partial charge in [0.2, 0.25) is 0 Å². The van der Waals surface area contributed by atoms with E-state index in [2.05, 4.69) is 21.2 Å². The predicted molar refractivity (Wildman–Crippen MR) is 126 cm³/mol. The van der Waals surface area contributed by atoms with Gasteiger partial charge in [-0.3, -0.25) is 0 Å². The van der Waals surface area contributed by atoms with Crippen molar-refractivity contribution >= 4 is 39.2 Å². The first kappa shape index (κ1) is 23.9. The highest BCUT2D eigenvalue weighted by atomic mass is 79.9. The van der Waals surface area contributed by atoms with Crippen molar-refractivity contribution in [2.24, 2.45) is 0 Å². The number of anilines is 1. The van der Waals surface area contributed by atoms with E-state index in [1.807, 2.05) is 24.3 Å². The van der Waals surface area contributed by atoms with Crippen molar-refractivity contribution in [2.75, 3.05) is 19.0 Å². The smallest absolute Gasteiger partial charge is 0.338 e. The molecule has 3 aromatic carbocycles. The Bertz CT molecular complexity index is 1070. The van der Waals surface area contributed by atoms with Gasteiger partial charge in [0.15, 0.2) is 11.5 Å². The first-order valence-corrected chi connectivity index (χ1v) is 11.0. The van der Waals surface area contributed by atoms with Crippen LogP contribution in [-0.2, 0) is 17.9 Å². The van der Waals surface area contributed by atoms with Crippen molar-refractivity contribution in [1.29, 1.82) is 0 Å². The highest BCUT2D eigenvalue weighted by Gasteiger charge is 2.15. The number of halogens is 3. The molecule has 0 aromatic heterocycles. The molecule has 168 valence electrons. The lowest BCUT2D eigenvalue weighted by atomic mass is 10.1. The number of esters is 1. The average molecular weight is 523 g/mol. The summed E-state index contributed by atoms with van der Waals surface area (Å²) in [6.45, 7) is 2.58. The van der Waals surface area contributed by atoms with Gasteiger partial charge >= 0.3 is 5.97 Å². The maximum Gasteiger partial charge on any atom is 0.338 e. The molecule has 0 radical (unpaired) electrons. The van der Waals surface area contributed by atoms with Crippen LogP contribution < -0.4 is 14.8 Å². The van der Waals surface area contributed by atoms with Gasteiger partial charge in [0.05, 0.1) is 28.8 Å². The normalized spacial score (nSPS) is 10.5. The third-order valence-electron chi connectivity index (χ3n) is 4.60. The molecule has 0 unspecified atom stereocenters. The first-order valence-electron chi connectivity index (χ1n) is 9.86. The van der Waals surface area contributed by atoms with Gasteiger partial charge in [-0.05, 0) is 76.9 Å². The van der Waals surface area contributed by atoms with Gasteiger partial charge < -0.3 is 19.5 Å². The van der Waals surface area contributed by atoms with E-state index >= 15 is 0 Å². The fourth-order valence-corrected chi connectivity index (χ4v) is 3.79. The topological polar surface area (TPSA) is 56.8 Å². The summed E-state index contributed by atoms with van der Waals surface area (Å²) < 4.78 is 31.0. The number of hydrogen-bond donors (Lipinski definition) is 1. The van der Waals surface area contributed by atoms with Crippen LogP contribution in [-0.4, -0.2) is 19.7 Å². The van der Waals surface area contributed by atoms with Crippen molar-refractivity contribution in [1.82, 2.24) is 0 Å². The molecular weight excluding hydrogens is 501 g/mol. The van der Waals surface area contributed by atoms with Crippen molar-refractivity contribution < 1.29 is 23.4 Å². The average Bonchev–Trinajstić information content (AvgIpc) is 2.78. The quantitative estimate of drug-likeness (QED) is 0.320. The molecule has 0 heterocycles. The van der Waals surface area contributed by atoms with Crippen LogP contribution in [0.2, 0.25) is 5.02 Å². The highest BCUT2D eigenvalue weighted by Crippen LogP contribution is 2.38. The zero-order valence-corrected chi connectivity index (χ0v) is 19.9. The van der Waals surface area contributed by atoms with Crippen molar-refractivity contribution in [3.63, 3.8) is 0 Å². The fourth-order valence-electron chi connectivity index (χ4n) is 2.97. The molecule has 0 amide bonds. The van der Waals surface area contributed by atoms with Crippen LogP contribution in [0.1, 0.15) is 28.4 Å². The zero-order chi connectivity index (χ0) is 23.1. The number of ether oxygens (including phenoxy) is 3. The fraction of sp³-hybridized carbons (Fsp3) is 0.208. The SMILES string of the molecule is CCOC(=O)c1ccc(NCc2cc(Br)c(OCc3c(F)cccc3Cl)c(OC)c2)cc1. The van der Waals surface area contributed by atoms with Crippen molar-refractivity contribution in [2.45, 2.75) is 20.1 Å². The Morgan fingerprint density at radius 2 is 1.91 bits per heavy atom. The number of hydrogen-bond acceptors (Lipinski definition) is 5. The van der Waals surface area contributed by atoms with Crippen LogP contribution in [0.25, 0.3) is 0 Å². The Morgan fingerprint density at radius 3 is 2.56 bits per heavy atom. The molecule has 5 nitrogen and oxygen atoms in total. The van der Waals surface area contributed by atoms with E-state index in [1.54, 1.807) is 31.2 Å². The zero-order valence-electron chi connectivity index (χ0n) is 17.6. The van der Waals surface area contributed by atoms with E-state index < -0.39 is 5.82 Å². The van der Waals surface area contributed by atoms with Crippen LogP contribution in [0.3, 0.4) is 0 Å². The molecule has 0 spiro atoms. The molecule has 0 aliphatic carbocycles. The lowest BCUT2D eigenvalue weighted by molar-refractivity contribution is 0.0526. The van der Waals surface area contributed by atoms with Crippen LogP contribution in [0.5, 0.6) is 11.5 Å². The number of benzene rings is 3. The molecule has 0 aliphatic heterocycles. The molecule has 32 heavy (non-hydrogen) atoms. The minimum atomic E-state index is -0.428. The Labute approximate surface area is 199 Å². The molecule has 0 aliphatic rings. The predicted octanol–water partition coefficient (Wildman–Crippen LogP) is 6.62. The number of methoxy groups -OCH3 is 1. The van der Waals surface area contributed by atoms with Crippen LogP contribution in [0, 0.1) is 5.82 Å². The van der Waals surface area contributed by atoms with E-state index in [-0.39, 0.29) is 18.1 Å². The Hall–Kier alpha value is -2.77. The minimum absolute atomic E-state index is 0.0368. The van der Waals surface area contributed by atoms with Gasteiger partial charge in [0.1, 0.15) is 12.4 Å². The van der Waals surface area contributed by atoms with Gasteiger partial charge in [-0.2, -0.15) is 0 Å². The maximum atomic E-state index is 14.0. The molecule has 0 bridgehead atoms. The standard InChI is InChI=1S/C24H22BrClFNO4/c1-3-31-24(29)16-7-9-17(10-8-16)28-13-15-11-19(25)23(22(12-15)30-2)32-14-18-20(26)5-4-6-21(18)27/h4-12,28H,3,13-14H2,1-2H3. The summed E-state index contributed by atoms with van der Waals surface area (Å²) in [6, 6.07) is 15.3. The van der Waals surface area contributed by atoms with E-state index in [0.29, 0.717) is 39.7 Å². The van der Waals surface area contributed by atoms with Crippen LogP contribution in [0.4, 0.5) is 10.1 Å². The number of carbonyl (C=O) groups excluding carboxylic acids is 1. The van der Waals surface area contributed by atoms with E-state index in [0.717, 1.165) is 11.3 Å². The second-order valence-corrected chi connectivity index (χ2v) is 8.01. The monoisotopic (exact) mass is 521 g/mol. The summed E-state index contributed by atoms with van der Waals surface area (Å²) in [5, 5.41) is 3.59. The lowest BCUT2D eigenvalue weighted by Gasteiger charge is -2.16. The second kappa shape index (κ2) is 11.2. The molecule has 3 rings (SSSR count). The summed E-state index contributed by atoms with van der Waals surface area (Å²) in [4.78, 5) is 11.8. The van der Waals surface area contributed by atoms with Gasteiger partial charge in [-0.15, -0.1) is 0 Å². The Kier molecular flexibility index (Phi) is 8.36. The maximum absolute atomic E-state index is 14.0. The third kappa shape index (κ3) is 5.93. The number of carbonyl (C=O) groups is 1. The van der Waals surface area contributed by atoms with E-state index in [1.165, 1.54) is 13.2 Å². The highest BCUT2D eigenvalue weighted by molar-refractivity contribution is 9.10. The van der Waals surface area contributed by atoms with Gasteiger partial charge in [0.25, 0.3) is 0 Å². The Morgan fingerprint density at radius 1 is 1.16 bits per heavy atom. The van der Waals surface area contributed by atoms with Crippen LogP contribution >= 0.6 is 27.5 Å².